The molecule has 53 heavy (non-hydrogen) atoms. The Morgan fingerprint density at radius 3 is 1.09 bits per heavy atom. The summed E-state index contributed by atoms with van der Waals surface area (Å²) in [5.41, 5.74) is 12.4. The van der Waals surface area contributed by atoms with Crippen molar-refractivity contribution in [1.82, 2.24) is 0 Å². The summed E-state index contributed by atoms with van der Waals surface area (Å²) >= 11 is 0. The van der Waals surface area contributed by atoms with Gasteiger partial charge in [-0.05, 0) is 48.5 Å². The lowest BCUT2D eigenvalue weighted by molar-refractivity contribution is 0.0686. The first-order chi connectivity index (χ1) is 24.1. The molecule has 3 aromatic carbocycles. The van der Waals surface area contributed by atoms with Gasteiger partial charge in [-0.1, -0.05) is 214 Å². The minimum atomic E-state index is -2.90. The molecule has 288 valence electrons. The lowest BCUT2D eigenvalue weighted by Gasteiger charge is -2.54. The van der Waals surface area contributed by atoms with Crippen molar-refractivity contribution in [2.45, 2.75) is 139 Å². The first kappa shape index (κ1) is 42.8. The second-order valence-electron chi connectivity index (χ2n) is 23.2. The van der Waals surface area contributed by atoms with E-state index in [9.17, 15) is 0 Å². The molecule has 0 unspecified atom stereocenters. The van der Waals surface area contributed by atoms with Crippen molar-refractivity contribution in [3.05, 3.63) is 124 Å². The minimum absolute atomic E-state index is 0.144. The summed E-state index contributed by atoms with van der Waals surface area (Å²) in [5, 5.41) is 3.59. The molecule has 3 aliphatic rings. The Labute approximate surface area is 333 Å². The molecule has 0 aromatic heterocycles. The molecule has 3 heterocycles. The van der Waals surface area contributed by atoms with Crippen LogP contribution in [0.3, 0.4) is 0 Å². The van der Waals surface area contributed by atoms with Gasteiger partial charge in [0.25, 0.3) is 8.32 Å². The van der Waals surface area contributed by atoms with E-state index in [1.807, 2.05) is 0 Å². The molecule has 0 aliphatic carbocycles. The monoisotopic (exact) mass is 826 g/mol. The fraction of sp³-hybridized carbons (Fsp3) is 0.511. The Kier molecular flexibility index (Phi) is 11.5. The summed E-state index contributed by atoms with van der Waals surface area (Å²) in [6.45, 7) is 48.1. The smallest absolute Gasteiger partial charge is 0.275 e. The Morgan fingerprint density at radius 1 is 0.472 bits per heavy atom. The largest absolute Gasteiger partial charge is 0.390 e. The zero-order valence-electron chi connectivity index (χ0n) is 37.0. The van der Waals surface area contributed by atoms with E-state index in [1.165, 1.54) is 11.1 Å². The van der Waals surface area contributed by atoms with Crippen molar-refractivity contribution in [2.75, 3.05) is 0 Å². The Hall–Kier alpha value is -1.38. The number of hydrogen-bond acceptors (Lipinski definition) is 1. The molecule has 0 amide bonds. The van der Waals surface area contributed by atoms with E-state index < -0.39 is 62.4 Å². The predicted octanol–water partition coefficient (Wildman–Crippen LogP) is 13.1. The number of fused-ring (bicyclic) bond motifs is 1. The predicted molar refractivity (Wildman–Crippen MR) is 257 cm³/mol. The highest BCUT2D eigenvalue weighted by atomic mass is 28.4. The Morgan fingerprint density at radius 2 is 0.792 bits per heavy atom. The van der Waals surface area contributed by atoms with Gasteiger partial charge < -0.3 is 4.43 Å². The van der Waals surface area contributed by atoms with E-state index in [4.69, 9.17) is 4.43 Å². The molecule has 0 N–H and O–H groups in total. The molecule has 0 atom stereocenters. The highest BCUT2D eigenvalue weighted by Crippen LogP contribution is 2.52. The van der Waals surface area contributed by atoms with E-state index in [0.29, 0.717) is 15.5 Å². The van der Waals surface area contributed by atoms with Crippen molar-refractivity contribution >= 4 is 61.9 Å². The summed E-state index contributed by atoms with van der Waals surface area (Å²) in [6, 6.07) is 28.2. The maximum atomic E-state index is 8.33. The van der Waals surface area contributed by atoms with Gasteiger partial charge in [0, 0.05) is 54.4 Å². The molecule has 3 aromatic rings. The number of hydrogen-bond donors (Lipinski definition) is 0. The quantitative estimate of drug-likeness (QED) is 0.165. The van der Waals surface area contributed by atoms with Gasteiger partial charge in [0.1, 0.15) is 5.60 Å². The van der Waals surface area contributed by atoms with Gasteiger partial charge in [-0.3, -0.25) is 0 Å². The van der Waals surface area contributed by atoms with Crippen LogP contribution in [0.4, 0.5) is 0 Å². The lowest BCUT2D eigenvalue weighted by atomic mass is 9.76. The summed E-state index contributed by atoms with van der Waals surface area (Å²) < 4.78 is 8.33. The van der Waals surface area contributed by atoms with E-state index in [-0.39, 0.29) is 5.92 Å². The molecule has 1 nitrogen and oxygen atoms in total. The highest BCUT2D eigenvalue weighted by molar-refractivity contribution is 7.01. The van der Waals surface area contributed by atoms with Gasteiger partial charge in [-0.15, -0.1) is 0 Å². The van der Waals surface area contributed by atoms with Crippen LogP contribution >= 0.6 is 0 Å². The fourth-order valence-corrected chi connectivity index (χ4v) is 54.7. The van der Waals surface area contributed by atoms with Crippen LogP contribution in [-0.2, 0) is 10.0 Å². The zero-order valence-corrected chi connectivity index (χ0v) is 44.0. The third-order valence-electron chi connectivity index (χ3n) is 12.1. The zero-order chi connectivity index (χ0) is 39.8. The van der Waals surface area contributed by atoms with Crippen molar-refractivity contribution in [1.29, 1.82) is 0 Å². The van der Waals surface area contributed by atoms with Crippen LogP contribution in [-0.4, -0.2) is 56.8 Å². The Bertz CT molecular complexity index is 1670. The van der Waals surface area contributed by atoms with E-state index in [1.54, 1.807) is 21.9 Å². The van der Waals surface area contributed by atoms with Gasteiger partial charge in [0.05, 0.1) is 0 Å². The van der Waals surface area contributed by atoms with Crippen LogP contribution in [0.15, 0.2) is 96.3 Å². The van der Waals surface area contributed by atoms with Gasteiger partial charge in [-0.25, -0.2) is 0 Å². The van der Waals surface area contributed by atoms with E-state index in [2.05, 4.69) is 214 Å². The average Bonchev–Trinajstić information content (AvgIpc) is 2.98. The highest BCUT2D eigenvalue weighted by Gasteiger charge is 2.58. The first-order valence-corrected chi connectivity index (χ1v) is 44.0. The molecular formula is C45H74OSi7. The molecule has 8 heteroatoms. The molecule has 0 saturated heterocycles. The molecule has 0 fully saturated rings. The van der Waals surface area contributed by atoms with Crippen LogP contribution in [0.1, 0.15) is 43.3 Å². The van der Waals surface area contributed by atoms with Crippen molar-refractivity contribution in [3.8, 4) is 0 Å². The van der Waals surface area contributed by atoms with Crippen LogP contribution < -0.4 is 5.19 Å². The van der Waals surface area contributed by atoms with E-state index >= 15 is 0 Å². The normalized spacial score (nSPS) is 21.0. The SMILES string of the molecule is C[Si](C)(C)C(c1cc(C([Si](C)(C)C)[Si](C)(C)C)c([Si]23C=CC(C=C2)C(c2ccccc2)(c2ccccc2)O3)c(C([Si](C)(C)C)[Si](C)(C)C)c1)[Si](C)(C)C. The molecular weight excluding hydrogens is 753 g/mol. The van der Waals surface area contributed by atoms with Crippen molar-refractivity contribution in [2.24, 2.45) is 5.92 Å². The maximum absolute atomic E-state index is 8.33. The molecule has 0 radical (unpaired) electrons. The first-order valence-electron chi connectivity index (χ1n) is 20.4. The summed E-state index contributed by atoms with van der Waals surface area (Å²) in [6.07, 6.45) is 5.17. The number of benzene rings is 3. The minimum Gasteiger partial charge on any atom is -0.390 e. The maximum Gasteiger partial charge on any atom is 0.275 e. The fourth-order valence-electron chi connectivity index (χ4n) is 12.1. The van der Waals surface area contributed by atoms with Crippen molar-refractivity contribution < 1.29 is 4.43 Å². The summed E-state index contributed by atoms with van der Waals surface area (Å²) in [5.74, 6) is 0.144. The standard InChI is InChI=1S/C45H74OSi7/c1-47(2,3)42(48(4,5)6)35-33-39(43(49(7,8)9)50(10,11)12)41(40(34-35)44(51(13,14)15)52(16,17)18)53-31-29-38(30-32-53)45(46-53,36-25-21-19-22-26-36)37-27-23-20-24-28-37/h19-34,38,42-44H,1-18H3. The number of rotatable bonds is 12. The Balaban J connectivity index is 2.04. The van der Waals surface area contributed by atoms with Gasteiger partial charge >= 0.3 is 0 Å². The second kappa shape index (κ2) is 14.2. The molecule has 2 bridgehead atoms. The molecule has 0 saturated carbocycles. The van der Waals surface area contributed by atoms with Gasteiger partial charge in [0.2, 0.25) is 0 Å². The van der Waals surface area contributed by atoms with Gasteiger partial charge in [0.15, 0.2) is 0 Å². The lowest BCUT2D eigenvalue weighted by Crippen LogP contribution is -2.65. The second-order valence-corrected chi connectivity index (χ2v) is 59.7. The van der Waals surface area contributed by atoms with E-state index in [0.717, 1.165) is 0 Å². The average molecular weight is 828 g/mol. The topological polar surface area (TPSA) is 9.23 Å². The molecule has 0 spiro atoms. The summed E-state index contributed by atoms with van der Waals surface area (Å²) in [4.78, 5) is 0. The van der Waals surface area contributed by atoms with Gasteiger partial charge in [-0.2, -0.15) is 0 Å². The van der Waals surface area contributed by atoms with Crippen LogP contribution in [0.2, 0.25) is 118 Å². The third-order valence-corrected chi connectivity index (χ3v) is 43.4. The van der Waals surface area contributed by atoms with Crippen LogP contribution in [0.5, 0.6) is 0 Å². The molecule has 3 aliphatic heterocycles. The molecule has 6 rings (SSSR count). The van der Waals surface area contributed by atoms with Crippen LogP contribution in [0.25, 0.3) is 0 Å². The summed E-state index contributed by atoms with van der Waals surface area (Å²) in [7, 11) is -13.0. The van der Waals surface area contributed by atoms with Crippen molar-refractivity contribution in [3.63, 3.8) is 0 Å². The third kappa shape index (κ3) is 8.22. The van der Waals surface area contributed by atoms with Crippen LogP contribution in [0, 0.1) is 5.92 Å².